The van der Waals surface area contributed by atoms with Gasteiger partial charge in [-0.15, -0.1) is 0 Å². The van der Waals surface area contributed by atoms with Gasteiger partial charge in [-0.2, -0.15) is 4.99 Å². The van der Waals surface area contributed by atoms with E-state index in [1.165, 1.54) is 56.9 Å². The summed E-state index contributed by atoms with van der Waals surface area (Å²) in [6.45, 7) is 5.31. The van der Waals surface area contributed by atoms with Crippen LogP contribution < -0.4 is 0 Å². The van der Waals surface area contributed by atoms with Gasteiger partial charge in [-0.3, -0.25) is 0 Å². The zero-order valence-electron chi connectivity index (χ0n) is 13.8. The fourth-order valence-corrected chi connectivity index (χ4v) is 2.25. The van der Waals surface area contributed by atoms with Gasteiger partial charge < -0.3 is 0 Å². The van der Waals surface area contributed by atoms with Gasteiger partial charge in [0, 0.05) is 6.54 Å². The zero-order valence-corrected chi connectivity index (χ0v) is 13.8. The van der Waals surface area contributed by atoms with Gasteiger partial charge in [-0.25, -0.2) is 4.99 Å². The van der Waals surface area contributed by atoms with Crippen LogP contribution in [0.3, 0.4) is 0 Å². The largest absolute Gasteiger partial charge is 0.225 e. The Morgan fingerprint density at radius 2 is 1.48 bits per heavy atom. The first-order chi connectivity index (χ1) is 10.4. The maximum atomic E-state index is 4.26. The van der Waals surface area contributed by atoms with Crippen LogP contribution >= 0.6 is 0 Å². The second-order valence-electron chi connectivity index (χ2n) is 5.63. The van der Waals surface area contributed by atoms with Crippen molar-refractivity contribution in [3.05, 3.63) is 29.8 Å². The molecule has 0 aliphatic heterocycles. The number of nitrogens with zero attached hydrogens (tertiary/aromatic N) is 2. The van der Waals surface area contributed by atoms with Gasteiger partial charge in [0.25, 0.3) is 0 Å². The van der Waals surface area contributed by atoms with E-state index >= 15 is 0 Å². The molecule has 0 aromatic heterocycles. The molecule has 0 unspecified atom stereocenters. The average Bonchev–Trinajstić information content (AvgIpc) is 2.52. The monoisotopic (exact) mass is 286 g/mol. The van der Waals surface area contributed by atoms with Crippen molar-refractivity contribution >= 4 is 11.7 Å². The molecule has 2 nitrogen and oxygen atoms in total. The molecule has 1 aromatic rings. The van der Waals surface area contributed by atoms with E-state index in [4.69, 9.17) is 0 Å². The van der Waals surface area contributed by atoms with E-state index in [9.17, 15) is 0 Å². The van der Waals surface area contributed by atoms with E-state index in [0.717, 1.165) is 18.7 Å². The van der Waals surface area contributed by atoms with E-state index in [0.29, 0.717) is 0 Å². The molecule has 0 spiro atoms. The Kier molecular flexibility index (Phi) is 10.4. The van der Waals surface area contributed by atoms with E-state index < -0.39 is 0 Å². The molecule has 0 amide bonds. The number of hydrogen-bond acceptors (Lipinski definition) is 2. The van der Waals surface area contributed by atoms with Gasteiger partial charge in [0.05, 0.1) is 11.7 Å². The number of unbranched alkanes of at least 4 members (excludes halogenated alkanes) is 6. The van der Waals surface area contributed by atoms with Crippen molar-refractivity contribution in [3.8, 4) is 0 Å². The molecule has 0 radical (unpaired) electrons. The van der Waals surface area contributed by atoms with Crippen molar-refractivity contribution in [1.29, 1.82) is 0 Å². The number of benzene rings is 1. The number of aryl methyl sites for hydroxylation is 1. The minimum absolute atomic E-state index is 0.846. The van der Waals surface area contributed by atoms with Crippen molar-refractivity contribution in [2.24, 2.45) is 9.98 Å². The predicted molar refractivity (Wildman–Crippen MR) is 92.8 cm³/mol. The third-order valence-corrected chi connectivity index (χ3v) is 3.63. The van der Waals surface area contributed by atoms with E-state index in [-0.39, 0.29) is 0 Å². The van der Waals surface area contributed by atoms with E-state index in [2.05, 4.69) is 54.1 Å². The molecule has 116 valence electrons. The summed E-state index contributed by atoms with van der Waals surface area (Å²) in [5.41, 5.74) is 2.35. The van der Waals surface area contributed by atoms with E-state index in [1.807, 2.05) is 0 Å². The lowest BCUT2D eigenvalue weighted by molar-refractivity contribution is 0.667. The lowest BCUT2D eigenvalue weighted by atomic mass is 10.1. The highest BCUT2D eigenvalue weighted by Gasteiger charge is 1.94. The quantitative estimate of drug-likeness (QED) is 0.342. The Labute approximate surface area is 130 Å². The molecular formula is C19H30N2. The van der Waals surface area contributed by atoms with Crippen molar-refractivity contribution in [1.82, 2.24) is 0 Å². The molecule has 0 aliphatic carbocycles. The summed E-state index contributed by atoms with van der Waals surface area (Å²) in [5, 5.41) is 0. The topological polar surface area (TPSA) is 24.7 Å². The van der Waals surface area contributed by atoms with Gasteiger partial charge in [-0.1, -0.05) is 64.5 Å². The predicted octanol–water partition coefficient (Wildman–Crippen LogP) is 6.20. The highest BCUT2D eigenvalue weighted by Crippen LogP contribution is 2.14. The van der Waals surface area contributed by atoms with Gasteiger partial charge in [0.1, 0.15) is 0 Å². The molecule has 0 N–H and O–H groups in total. The van der Waals surface area contributed by atoms with Crippen LogP contribution in [0.1, 0.15) is 70.8 Å². The van der Waals surface area contributed by atoms with Gasteiger partial charge in [0.2, 0.25) is 0 Å². The van der Waals surface area contributed by atoms with Crippen molar-refractivity contribution < 1.29 is 0 Å². The third kappa shape index (κ3) is 9.20. The van der Waals surface area contributed by atoms with Crippen LogP contribution in [0.4, 0.5) is 5.69 Å². The Morgan fingerprint density at radius 3 is 2.14 bits per heavy atom. The summed E-state index contributed by atoms with van der Waals surface area (Å²) in [6.07, 6.45) is 11.4. The highest BCUT2D eigenvalue weighted by atomic mass is 14.8. The number of aliphatic imine (C=N–C) groups is 2. The standard InChI is InChI=1S/C19H30N2/c1-3-5-7-9-11-18-12-14-19(15-13-18)21-17-20-16-10-8-6-4-2/h12-15H,3-11,16H2,1-2H3. The molecule has 0 heterocycles. The third-order valence-electron chi connectivity index (χ3n) is 3.63. The molecule has 0 aliphatic rings. The SMILES string of the molecule is CCCCCCN=C=Nc1ccc(CCCCCC)cc1. The molecule has 0 fully saturated rings. The van der Waals surface area contributed by atoms with Crippen LogP contribution in [0, 0.1) is 0 Å². The van der Waals surface area contributed by atoms with Crippen molar-refractivity contribution in [2.45, 2.75) is 71.6 Å². The summed E-state index contributed by atoms with van der Waals surface area (Å²) in [5.74, 6) is 0. The lowest BCUT2D eigenvalue weighted by Crippen LogP contribution is -1.84. The maximum absolute atomic E-state index is 4.26. The second-order valence-corrected chi connectivity index (χ2v) is 5.63. The smallest absolute Gasteiger partial charge is 0.0948 e. The molecular weight excluding hydrogens is 256 g/mol. The molecule has 0 saturated heterocycles. The fourth-order valence-electron chi connectivity index (χ4n) is 2.25. The second kappa shape index (κ2) is 12.3. The van der Waals surface area contributed by atoms with Gasteiger partial charge in [0.15, 0.2) is 0 Å². The zero-order chi connectivity index (χ0) is 15.2. The number of hydrogen-bond donors (Lipinski definition) is 0. The van der Waals surface area contributed by atoms with E-state index in [1.54, 1.807) is 0 Å². The average molecular weight is 286 g/mol. The fraction of sp³-hybridized carbons (Fsp3) is 0.632. The highest BCUT2D eigenvalue weighted by molar-refractivity contribution is 5.52. The summed E-state index contributed by atoms with van der Waals surface area (Å²) < 4.78 is 0. The Balaban J connectivity index is 2.28. The minimum Gasteiger partial charge on any atom is -0.225 e. The van der Waals surface area contributed by atoms with Crippen LogP contribution in [0.15, 0.2) is 34.3 Å². The first-order valence-corrected chi connectivity index (χ1v) is 8.58. The number of rotatable bonds is 11. The van der Waals surface area contributed by atoms with Crippen LogP contribution in [0.25, 0.3) is 0 Å². The molecule has 0 saturated carbocycles. The van der Waals surface area contributed by atoms with Gasteiger partial charge in [-0.05, 0) is 37.0 Å². The van der Waals surface area contributed by atoms with Gasteiger partial charge >= 0.3 is 0 Å². The first kappa shape index (κ1) is 17.7. The molecule has 21 heavy (non-hydrogen) atoms. The summed E-state index contributed by atoms with van der Waals surface area (Å²) >= 11 is 0. The van der Waals surface area contributed by atoms with Crippen LogP contribution in [0.2, 0.25) is 0 Å². The Hall–Kier alpha value is -1.40. The minimum atomic E-state index is 0.846. The first-order valence-electron chi connectivity index (χ1n) is 8.58. The lowest BCUT2D eigenvalue weighted by Gasteiger charge is -2.01. The molecule has 1 aromatic carbocycles. The van der Waals surface area contributed by atoms with Crippen LogP contribution in [-0.4, -0.2) is 12.6 Å². The molecule has 2 heteroatoms. The van der Waals surface area contributed by atoms with Crippen molar-refractivity contribution in [2.75, 3.05) is 6.54 Å². The maximum Gasteiger partial charge on any atom is 0.0948 e. The summed E-state index contributed by atoms with van der Waals surface area (Å²) in [7, 11) is 0. The van der Waals surface area contributed by atoms with Crippen LogP contribution in [0.5, 0.6) is 0 Å². The summed E-state index contributed by atoms with van der Waals surface area (Å²) in [6, 6.07) is 11.3. The Bertz CT molecular complexity index is 414. The van der Waals surface area contributed by atoms with Crippen LogP contribution in [-0.2, 0) is 6.42 Å². The summed E-state index contributed by atoms with van der Waals surface area (Å²) in [4.78, 5) is 8.47. The molecule has 0 bridgehead atoms. The molecule has 1 rings (SSSR count). The Morgan fingerprint density at radius 1 is 0.810 bits per heavy atom. The van der Waals surface area contributed by atoms with Crippen molar-refractivity contribution in [3.63, 3.8) is 0 Å². The normalized spacial score (nSPS) is 10.2. The molecule has 0 atom stereocenters.